The number of aliphatic hydroxyl groups is 1. The van der Waals surface area contributed by atoms with E-state index in [2.05, 4.69) is 15.4 Å². The largest absolute Gasteiger partial charge is 0.388 e. The Balaban J connectivity index is 2.16. The summed E-state index contributed by atoms with van der Waals surface area (Å²) in [6.07, 6.45) is 2.40. The summed E-state index contributed by atoms with van der Waals surface area (Å²) in [5, 5.41) is 9.83. The van der Waals surface area contributed by atoms with E-state index >= 15 is 0 Å². The Morgan fingerprint density at radius 1 is 1.67 bits per heavy atom. The molecule has 15 heavy (non-hydrogen) atoms. The molecule has 0 bridgehead atoms. The second kappa shape index (κ2) is 3.63. The van der Waals surface area contributed by atoms with Crippen molar-refractivity contribution in [1.82, 2.24) is 9.97 Å². The molecule has 6 nitrogen and oxygen atoms in total. The summed E-state index contributed by atoms with van der Waals surface area (Å²) in [4.78, 5) is 10.2. The molecule has 0 aromatic carbocycles. The van der Waals surface area contributed by atoms with E-state index in [1.54, 1.807) is 6.20 Å². The fraction of sp³-hybridized carbons (Fsp3) is 0.556. The molecule has 1 atom stereocenters. The minimum atomic E-state index is -0.624. The predicted octanol–water partition coefficient (Wildman–Crippen LogP) is -0.277. The maximum Gasteiger partial charge on any atom is 0.239 e. The Labute approximate surface area is 88.1 Å². The first-order chi connectivity index (χ1) is 7.11. The smallest absolute Gasteiger partial charge is 0.239 e. The van der Waals surface area contributed by atoms with E-state index in [0.717, 1.165) is 18.8 Å². The average Bonchev–Trinajstić information content (AvgIpc) is 2.59. The van der Waals surface area contributed by atoms with Crippen molar-refractivity contribution in [3.8, 4) is 0 Å². The van der Waals surface area contributed by atoms with Crippen LogP contribution in [-0.2, 0) is 0 Å². The van der Waals surface area contributed by atoms with E-state index in [0.29, 0.717) is 12.5 Å². The van der Waals surface area contributed by atoms with Gasteiger partial charge in [0.2, 0.25) is 5.95 Å². The fourth-order valence-corrected chi connectivity index (χ4v) is 1.74. The molecule has 1 fully saturated rings. The van der Waals surface area contributed by atoms with Gasteiger partial charge in [0.25, 0.3) is 0 Å². The van der Waals surface area contributed by atoms with Crippen LogP contribution in [0.2, 0.25) is 0 Å². The van der Waals surface area contributed by atoms with Gasteiger partial charge in [0.15, 0.2) is 0 Å². The summed E-state index contributed by atoms with van der Waals surface area (Å²) in [7, 11) is 0. The van der Waals surface area contributed by atoms with Crippen LogP contribution in [0.3, 0.4) is 0 Å². The lowest BCUT2D eigenvalue weighted by Crippen LogP contribution is -2.30. The van der Waals surface area contributed by atoms with Gasteiger partial charge in [-0.15, -0.1) is 0 Å². The van der Waals surface area contributed by atoms with Crippen LogP contribution in [0.25, 0.3) is 0 Å². The van der Waals surface area contributed by atoms with Gasteiger partial charge < -0.3 is 10.0 Å². The molecule has 1 aromatic rings. The lowest BCUT2D eigenvalue weighted by molar-refractivity contribution is 0.0839. The molecule has 1 aliphatic rings. The Morgan fingerprint density at radius 3 is 3.07 bits per heavy atom. The lowest BCUT2D eigenvalue weighted by Gasteiger charge is -2.19. The topological polar surface area (TPSA) is 87.3 Å². The molecule has 1 unspecified atom stereocenters. The van der Waals surface area contributed by atoms with Crippen LogP contribution < -0.4 is 16.2 Å². The van der Waals surface area contributed by atoms with Crippen molar-refractivity contribution in [2.75, 3.05) is 23.4 Å². The van der Waals surface area contributed by atoms with Gasteiger partial charge in [0, 0.05) is 19.3 Å². The van der Waals surface area contributed by atoms with Gasteiger partial charge in [-0.3, -0.25) is 5.43 Å². The van der Waals surface area contributed by atoms with Crippen LogP contribution in [0.4, 0.5) is 11.8 Å². The van der Waals surface area contributed by atoms with E-state index in [9.17, 15) is 5.11 Å². The number of β-amino-alcohol motifs (C(OH)–C–C–N with tert-alkyl or cyclic N) is 1. The molecule has 2 rings (SSSR count). The zero-order chi connectivity index (χ0) is 10.9. The molecule has 2 heterocycles. The predicted molar refractivity (Wildman–Crippen MR) is 57.3 cm³/mol. The SMILES string of the molecule is CC1(O)CCN(c2ccnc(NN)n2)C1. The van der Waals surface area contributed by atoms with E-state index < -0.39 is 5.60 Å². The number of nitrogens with one attached hydrogen (secondary N) is 1. The summed E-state index contributed by atoms with van der Waals surface area (Å²) in [6, 6.07) is 1.81. The van der Waals surface area contributed by atoms with Gasteiger partial charge in [-0.05, 0) is 19.4 Å². The maximum atomic E-state index is 9.83. The first-order valence-electron chi connectivity index (χ1n) is 4.88. The van der Waals surface area contributed by atoms with Gasteiger partial charge in [0.1, 0.15) is 5.82 Å². The molecule has 0 aliphatic carbocycles. The molecular weight excluding hydrogens is 194 g/mol. The van der Waals surface area contributed by atoms with Crippen LogP contribution >= 0.6 is 0 Å². The lowest BCUT2D eigenvalue weighted by atomic mass is 10.1. The molecule has 4 N–H and O–H groups in total. The molecule has 6 heteroatoms. The maximum absolute atomic E-state index is 9.83. The zero-order valence-corrected chi connectivity index (χ0v) is 8.64. The molecular formula is C9H15N5O. The molecule has 0 saturated carbocycles. The van der Waals surface area contributed by atoms with Crippen molar-refractivity contribution in [1.29, 1.82) is 0 Å². The quantitative estimate of drug-likeness (QED) is 0.459. The van der Waals surface area contributed by atoms with Gasteiger partial charge in [-0.25, -0.2) is 10.8 Å². The van der Waals surface area contributed by atoms with E-state index in [-0.39, 0.29) is 0 Å². The number of hydrazine groups is 1. The minimum Gasteiger partial charge on any atom is -0.388 e. The number of hydrogen-bond acceptors (Lipinski definition) is 6. The van der Waals surface area contributed by atoms with Gasteiger partial charge >= 0.3 is 0 Å². The van der Waals surface area contributed by atoms with Crippen LogP contribution in [0, 0.1) is 0 Å². The summed E-state index contributed by atoms with van der Waals surface area (Å²) >= 11 is 0. The van der Waals surface area contributed by atoms with Gasteiger partial charge in [-0.1, -0.05) is 0 Å². The summed E-state index contributed by atoms with van der Waals surface area (Å²) < 4.78 is 0. The molecule has 1 saturated heterocycles. The molecule has 82 valence electrons. The van der Waals surface area contributed by atoms with Crippen molar-refractivity contribution < 1.29 is 5.11 Å². The van der Waals surface area contributed by atoms with Crippen LogP contribution in [0.15, 0.2) is 12.3 Å². The first kappa shape index (κ1) is 10.1. The second-order valence-electron chi connectivity index (χ2n) is 4.05. The number of aromatic nitrogens is 2. The standard InChI is InChI=1S/C9H15N5O/c1-9(15)3-5-14(6-9)7-2-4-11-8(12-7)13-10/h2,4,15H,3,5-6,10H2,1H3,(H,11,12,13). The Morgan fingerprint density at radius 2 is 2.47 bits per heavy atom. The number of nitrogen functional groups attached to an aromatic ring is 1. The third-order valence-corrected chi connectivity index (χ3v) is 2.55. The highest BCUT2D eigenvalue weighted by Gasteiger charge is 2.31. The highest BCUT2D eigenvalue weighted by atomic mass is 16.3. The van der Waals surface area contributed by atoms with Crippen LogP contribution in [0.5, 0.6) is 0 Å². The van der Waals surface area contributed by atoms with E-state index in [4.69, 9.17) is 5.84 Å². The van der Waals surface area contributed by atoms with Crippen molar-refractivity contribution in [3.63, 3.8) is 0 Å². The summed E-state index contributed by atoms with van der Waals surface area (Å²) in [5.74, 6) is 6.40. The monoisotopic (exact) mass is 209 g/mol. The average molecular weight is 209 g/mol. The normalized spacial score (nSPS) is 25.7. The number of hydrogen-bond donors (Lipinski definition) is 3. The minimum absolute atomic E-state index is 0.388. The van der Waals surface area contributed by atoms with Gasteiger partial charge in [-0.2, -0.15) is 4.98 Å². The van der Waals surface area contributed by atoms with Crippen molar-refractivity contribution >= 4 is 11.8 Å². The molecule has 0 spiro atoms. The Kier molecular flexibility index (Phi) is 2.45. The van der Waals surface area contributed by atoms with Crippen LogP contribution in [-0.4, -0.2) is 33.8 Å². The Bertz CT molecular complexity index is 354. The summed E-state index contributed by atoms with van der Waals surface area (Å²) in [6.45, 7) is 3.22. The third-order valence-electron chi connectivity index (χ3n) is 2.55. The molecule has 1 aliphatic heterocycles. The molecule has 0 amide bonds. The highest BCUT2D eigenvalue weighted by Crippen LogP contribution is 2.24. The fourth-order valence-electron chi connectivity index (χ4n) is 1.74. The zero-order valence-electron chi connectivity index (χ0n) is 8.64. The van der Waals surface area contributed by atoms with Crippen molar-refractivity contribution in [3.05, 3.63) is 12.3 Å². The number of anilines is 2. The van der Waals surface area contributed by atoms with Crippen LogP contribution in [0.1, 0.15) is 13.3 Å². The number of nitrogens with zero attached hydrogens (tertiary/aromatic N) is 3. The van der Waals surface area contributed by atoms with Crippen molar-refractivity contribution in [2.24, 2.45) is 5.84 Å². The third kappa shape index (κ3) is 2.16. The Hall–Kier alpha value is -1.40. The van der Waals surface area contributed by atoms with E-state index in [1.807, 2.05) is 17.9 Å². The summed E-state index contributed by atoms with van der Waals surface area (Å²) in [5.41, 5.74) is 1.78. The van der Waals surface area contributed by atoms with Gasteiger partial charge in [0.05, 0.1) is 5.60 Å². The molecule has 1 aromatic heterocycles. The highest BCUT2D eigenvalue weighted by molar-refractivity contribution is 5.43. The number of nitrogens with two attached hydrogens (primary N) is 1. The van der Waals surface area contributed by atoms with E-state index in [1.165, 1.54) is 0 Å². The first-order valence-corrected chi connectivity index (χ1v) is 4.88. The van der Waals surface area contributed by atoms with Crippen molar-refractivity contribution in [2.45, 2.75) is 18.9 Å². The number of rotatable bonds is 2. The molecule has 0 radical (unpaired) electrons. The second-order valence-corrected chi connectivity index (χ2v) is 4.05.